The van der Waals surface area contributed by atoms with Crippen molar-refractivity contribution < 1.29 is 27.4 Å². The first kappa shape index (κ1) is 22.9. The average molecular weight is 486 g/mol. The van der Waals surface area contributed by atoms with E-state index in [2.05, 4.69) is 11.9 Å². The van der Waals surface area contributed by atoms with E-state index >= 15 is 0 Å². The Morgan fingerprint density at radius 1 is 1.12 bits per heavy atom. The highest BCUT2D eigenvalue weighted by Crippen LogP contribution is 2.47. The summed E-state index contributed by atoms with van der Waals surface area (Å²) in [5, 5.41) is 4.36. The number of hydrogen-bond donors (Lipinski definition) is 1. The van der Waals surface area contributed by atoms with E-state index in [9.17, 15) is 13.2 Å². The minimum absolute atomic E-state index is 0.0867. The molecule has 0 saturated carbocycles. The summed E-state index contributed by atoms with van der Waals surface area (Å²) in [6.07, 6.45) is 1.84. The van der Waals surface area contributed by atoms with Gasteiger partial charge < -0.3 is 19.5 Å². The monoisotopic (exact) mass is 485 g/mol. The Hall–Kier alpha value is -3.30. The molecule has 0 spiro atoms. The Kier molecular flexibility index (Phi) is 6.44. The van der Waals surface area contributed by atoms with Gasteiger partial charge in [-0.3, -0.25) is 4.79 Å². The summed E-state index contributed by atoms with van der Waals surface area (Å²) in [7, 11) is -0.774. The normalized spacial score (nSPS) is 15.3. The lowest BCUT2D eigenvalue weighted by atomic mass is 9.90. The van der Waals surface area contributed by atoms with Gasteiger partial charge in [-0.15, -0.1) is 11.3 Å². The van der Waals surface area contributed by atoms with Gasteiger partial charge in [0.25, 0.3) is 0 Å². The van der Waals surface area contributed by atoms with Crippen molar-refractivity contribution in [1.29, 1.82) is 0 Å². The summed E-state index contributed by atoms with van der Waals surface area (Å²) >= 11 is 1.31. The molecule has 1 aliphatic rings. The minimum atomic E-state index is -3.83. The van der Waals surface area contributed by atoms with Crippen LogP contribution in [0.4, 0.5) is 5.69 Å². The predicted octanol–water partition coefficient (Wildman–Crippen LogP) is 4.64. The first-order valence-corrected chi connectivity index (χ1v) is 12.5. The number of sulfone groups is 1. The summed E-state index contributed by atoms with van der Waals surface area (Å²) in [6.45, 7) is 3.98. The van der Waals surface area contributed by atoms with E-state index in [1.807, 2.05) is 12.1 Å². The van der Waals surface area contributed by atoms with Gasteiger partial charge in [0, 0.05) is 22.6 Å². The van der Waals surface area contributed by atoms with E-state index in [1.54, 1.807) is 36.8 Å². The van der Waals surface area contributed by atoms with Crippen LogP contribution in [0.1, 0.15) is 22.8 Å². The topological polar surface area (TPSA) is 90.9 Å². The number of hydrogen-bond acceptors (Lipinski definition) is 7. The Morgan fingerprint density at radius 2 is 1.88 bits per heavy atom. The molecule has 33 heavy (non-hydrogen) atoms. The SMILES string of the molecule is C=CCOc1ccc([C@H]2CC(=O)Nc3c(S(=O)(=O)c4ccc(OC)cc4)csc32)cc1OC. The van der Waals surface area contributed by atoms with Crippen LogP contribution in [0.5, 0.6) is 17.2 Å². The van der Waals surface area contributed by atoms with Crippen molar-refractivity contribution in [3.63, 3.8) is 0 Å². The summed E-state index contributed by atoms with van der Waals surface area (Å²) < 4.78 is 42.9. The maximum absolute atomic E-state index is 13.3. The van der Waals surface area contributed by atoms with Crippen LogP contribution in [0.3, 0.4) is 0 Å². The fraction of sp³-hybridized carbons (Fsp3) is 0.208. The number of rotatable bonds is 8. The first-order chi connectivity index (χ1) is 15.9. The van der Waals surface area contributed by atoms with Gasteiger partial charge in [-0.05, 0) is 42.0 Å². The molecule has 2 heterocycles. The molecular weight excluding hydrogens is 462 g/mol. The molecule has 0 saturated heterocycles. The lowest BCUT2D eigenvalue weighted by Gasteiger charge is -2.24. The van der Waals surface area contributed by atoms with Crippen LogP contribution < -0.4 is 19.5 Å². The molecule has 0 unspecified atom stereocenters. The molecule has 7 nitrogen and oxygen atoms in total. The van der Waals surface area contributed by atoms with Crippen LogP contribution in [-0.4, -0.2) is 35.2 Å². The summed E-state index contributed by atoms with van der Waals surface area (Å²) in [6, 6.07) is 11.6. The molecule has 2 aromatic carbocycles. The molecule has 1 aliphatic heterocycles. The zero-order valence-electron chi connectivity index (χ0n) is 18.2. The number of carbonyl (C=O) groups excluding carboxylic acids is 1. The van der Waals surface area contributed by atoms with Crippen molar-refractivity contribution in [2.75, 3.05) is 26.1 Å². The molecular formula is C24H23NO6S2. The number of thiophene rings is 1. The quantitative estimate of drug-likeness (QED) is 0.468. The fourth-order valence-electron chi connectivity index (χ4n) is 3.72. The van der Waals surface area contributed by atoms with Crippen LogP contribution in [0.15, 0.2) is 70.3 Å². The number of carbonyl (C=O) groups is 1. The maximum atomic E-state index is 13.3. The lowest BCUT2D eigenvalue weighted by molar-refractivity contribution is -0.116. The van der Waals surface area contributed by atoms with Crippen molar-refractivity contribution in [3.05, 3.63) is 70.9 Å². The maximum Gasteiger partial charge on any atom is 0.225 e. The van der Waals surface area contributed by atoms with Crippen molar-refractivity contribution >= 4 is 32.8 Å². The third-order valence-electron chi connectivity index (χ3n) is 5.36. The molecule has 1 N–H and O–H groups in total. The average Bonchev–Trinajstić information content (AvgIpc) is 3.26. The van der Waals surface area contributed by atoms with Crippen LogP contribution in [0.25, 0.3) is 0 Å². The largest absolute Gasteiger partial charge is 0.497 e. The van der Waals surface area contributed by atoms with Gasteiger partial charge in [-0.25, -0.2) is 8.42 Å². The van der Waals surface area contributed by atoms with Crippen LogP contribution >= 0.6 is 11.3 Å². The molecule has 172 valence electrons. The van der Waals surface area contributed by atoms with Gasteiger partial charge in [0.1, 0.15) is 17.3 Å². The number of amides is 1. The summed E-state index contributed by atoms with van der Waals surface area (Å²) in [4.78, 5) is 13.6. The highest BCUT2D eigenvalue weighted by molar-refractivity contribution is 7.91. The Balaban J connectivity index is 1.74. The van der Waals surface area contributed by atoms with Crippen molar-refractivity contribution in [3.8, 4) is 17.2 Å². The van der Waals surface area contributed by atoms with Gasteiger partial charge in [-0.1, -0.05) is 18.7 Å². The number of benzene rings is 2. The van der Waals surface area contributed by atoms with E-state index in [0.29, 0.717) is 29.5 Å². The highest BCUT2D eigenvalue weighted by atomic mass is 32.2. The van der Waals surface area contributed by atoms with E-state index in [1.165, 1.54) is 30.6 Å². The Bertz CT molecular complexity index is 1290. The Labute approximate surface area is 196 Å². The smallest absolute Gasteiger partial charge is 0.225 e. The molecule has 0 bridgehead atoms. The van der Waals surface area contributed by atoms with Crippen molar-refractivity contribution in [2.45, 2.75) is 22.1 Å². The number of anilines is 1. The molecule has 3 aromatic rings. The van der Waals surface area contributed by atoms with Crippen molar-refractivity contribution in [2.24, 2.45) is 0 Å². The van der Waals surface area contributed by atoms with E-state index in [0.717, 1.165) is 10.4 Å². The number of fused-ring (bicyclic) bond motifs is 1. The second-order valence-electron chi connectivity index (χ2n) is 7.33. The van der Waals surface area contributed by atoms with E-state index < -0.39 is 9.84 Å². The third kappa shape index (κ3) is 4.34. The van der Waals surface area contributed by atoms with Crippen molar-refractivity contribution in [1.82, 2.24) is 0 Å². The van der Waals surface area contributed by atoms with Crippen LogP contribution in [-0.2, 0) is 14.6 Å². The molecule has 9 heteroatoms. The van der Waals surface area contributed by atoms with Crippen LogP contribution in [0, 0.1) is 0 Å². The standard InChI is InChI=1S/C24H23NO6S2/c1-4-11-31-19-10-5-15(12-20(19)30-3)18-13-22(26)25-23-21(14-32-24(18)23)33(27,28)17-8-6-16(29-2)7-9-17/h4-10,12,14,18H,1,11,13H2,2-3H3,(H,25,26)/t18-/m1/s1. The Morgan fingerprint density at radius 3 is 2.55 bits per heavy atom. The second-order valence-corrected chi connectivity index (χ2v) is 10.2. The highest BCUT2D eigenvalue weighted by Gasteiger charge is 2.34. The fourth-order valence-corrected chi connectivity index (χ4v) is 6.63. The number of nitrogens with one attached hydrogen (secondary N) is 1. The number of ether oxygens (including phenoxy) is 3. The minimum Gasteiger partial charge on any atom is -0.497 e. The van der Waals surface area contributed by atoms with Gasteiger partial charge in [0.15, 0.2) is 11.5 Å². The second kappa shape index (κ2) is 9.29. The molecule has 0 radical (unpaired) electrons. The van der Waals surface area contributed by atoms with Gasteiger partial charge in [0.05, 0.1) is 24.8 Å². The van der Waals surface area contributed by atoms with Gasteiger partial charge in [-0.2, -0.15) is 0 Å². The summed E-state index contributed by atoms with van der Waals surface area (Å²) in [5.74, 6) is 1.10. The van der Waals surface area contributed by atoms with E-state index in [4.69, 9.17) is 14.2 Å². The molecule has 4 rings (SSSR count). The predicted molar refractivity (Wildman–Crippen MR) is 127 cm³/mol. The molecule has 0 fully saturated rings. The zero-order valence-corrected chi connectivity index (χ0v) is 19.8. The lowest BCUT2D eigenvalue weighted by Crippen LogP contribution is -2.23. The van der Waals surface area contributed by atoms with Crippen LogP contribution in [0.2, 0.25) is 0 Å². The van der Waals surface area contributed by atoms with Gasteiger partial charge >= 0.3 is 0 Å². The third-order valence-corrected chi connectivity index (χ3v) is 8.40. The van der Waals surface area contributed by atoms with Gasteiger partial charge in [0.2, 0.25) is 15.7 Å². The molecule has 1 atom stereocenters. The first-order valence-electron chi connectivity index (χ1n) is 10.1. The molecule has 0 aliphatic carbocycles. The molecule has 1 amide bonds. The number of methoxy groups -OCH3 is 2. The molecule has 1 aromatic heterocycles. The van der Waals surface area contributed by atoms with E-state index in [-0.39, 0.29) is 28.0 Å². The zero-order chi connectivity index (χ0) is 23.6. The summed E-state index contributed by atoms with van der Waals surface area (Å²) in [5.41, 5.74) is 1.17.